The molecule has 0 unspecified atom stereocenters. The lowest BCUT2D eigenvalue weighted by molar-refractivity contribution is -0.121. The second kappa shape index (κ2) is 8.43. The first-order valence-corrected chi connectivity index (χ1v) is 11.2. The number of sulfonamides is 1. The van der Waals surface area contributed by atoms with E-state index < -0.39 is 28.3 Å². The van der Waals surface area contributed by atoms with Crippen molar-refractivity contribution >= 4 is 38.9 Å². The zero-order valence-electron chi connectivity index (χ0n) is 17.2. The number of aryl methyl sites for hydroxylation is 1. The zero-order valence-corrected chi connectivity index (χ0v) is 18.0. The van der Waals surface area contributed by atoms with Gasteiger partial charge in [-0.2, -0.15) is 0 Å². The third-order valence-corrected chi connectivity index (χ3v) is 6.86. The number of halogens is 1. The number of nitrogens with zero attached hydrogens (tertiary/aromatic N) is 2. The van der Waals surface area contributed by atoms with Gasteiger partial charge in [0.1, 0.15) is 18.9 Å². The lowest BCUT2D eigenvalue weighted by Gasteiger charge is -2.32. The fourth-order valence-electron chi connectivity index (χ4n) is 3.42. The van der Waals surface area contributed by atoms with Crippen molar-refractivity contribution in [1.29, 1.82) is 0 Å². The second-order valence-electron chi connectivity index (χ2n) is 7.35. The number of benzene rings is 3. The number of hydrogen-bond acceptors (Lipinski definition) is 4. The van der Waals surface area contributed by atoms with Crippen LogP contribution in [0.2, 0.25) is 0 Å². The molecule has 0 saturated carbocycles. The molecule has 3 aromatic carbocycles. The Morgan fingerprint density at radius 3 is 2.38 bits per heavy atom. The van der Waals surface area contributed by atoms with Crippen LogP contribution in [0.15, 0.2) is 77.7 Å². The van der Waals surface area contributed by atoms with E-state index in [4.69, 9.17) is 0 Å². The highest BCUT2D eigenvalue weighted by atomic mass is 32.2. The Bertz CT molecular complexity index is 1280. The van der Waals surface area contributed by atoms with Gasteiger partial charge in [-0.3, -0.25) is 18.8 Å². The van der Waals surface area contributed by atoms with Crippen LogP contribution in [0, 0.1) is 12.7 Å². The first kappa shape index (κ1) is 21.5. The van der Waals surface area contributed by atoms with E-state index in [1.165, 1.54) is 4.90 Å². The number of para-hydroxylation sites is 2. The fraction of sp³-hybridized carbons (Fsp3) is 0.130. The maximum atomic E-state index is 13.4. The molecule has 0 bridgehead atoms. The number of carbonyl (C=O) groups excluding carboxylic acids is 2. The molecule has 3 aromatic rings. The molecule has 164 valence electrons. The van der Waals surface area contributed by atoms with Crippen molar-refractivity contribution in [3.05, 3.63) is 84.2 Å². The second-order valence-corrected chi connectivity index (χ2v) is 9.21. The molecule has 0 saturated heterocycles. The van der Waals surface area contributed by atoms with Crippen LogP contribution in [0.25, 0.3) is 0 Å². The molecule has 0 fully saturated rings. The lowest BCUT2D eigenvalue weighted by atomic mass is 10.2. The Balaban J connectivity index is 1.73. The SMILES string of the molecule is Cc1ccc(N(CC(=O)N2CC(=O)Nc3ccccc32)S(=O)(=O)c2ccc(F)cc2)cc1. The number of rotatable bonds is 5. The maximum Gasteiger partial charge on any atom is 0.264 e. The molecule has 0 aromatic heterocycles. The maximum absolute atomic E-state index is 13.4. The summed E-state index contributed by atoms with van der Waals surface area (Å²) in [6.07, 6.45) is 0. The number of carbonyl (C=O) groups is 2. The summed E-state index contributed by atoms with van der Waals surface area (Å²) < 4.78 is 41.2. The Labute approximate surface area is 185 Å². The van der Waals surface area contributed by atoms with Gasteiger partial charge in [-0.25, -0.2) is 12.8 Å². The number of nitrogens with one attached hydrogen (secondary N) is 1. The molecular weight excluding hydrogens is 433 g/mol. The molecule has 32 heavy (non-hydrogen) atoms. The summed E-state index contributed by atoms with van der Waals surface area (Å²) in [5.74, 6) is -1.52. The molecule has 2 amide bonds. The van der Waals surface area contributed by atoms with E-state index in [1.54, 1.807) is 48.5 Å². The van der Waals surface area contributed by atoms with Crippen LogP contribution in [0.1, 0.15) is 5.56 Å². The highest BCUT2D eigenvalue weighted by molar-refractivity contribution is 7.92. The molecule has 0 spiro atoms. The zero-order chi connectivity index (χ0) is 22.9. The van der Waals surface area contributed by atoms with Crippen molar-refractivity contribution in [3.8, 4) is 0 Å². The van der Waals surface area contributed by atoms with Crippen LogP contribution in [0.4, 0.5) is 21.5 Å². The molecule has 0 aliphatic carbocycles. The van der Waals surface area contributed by atoms with Gasteiger partial charge in [0, 0.05) is 0 Å². The van der Waals surface area contributed by atoms with Gasteiger partial charge in [-0.15, -0.1) is 0 Å². The van der Waals surface area contributed by atoms with Crippen molar-refractivity contribution in [2.75, 3.05) is 27.6 Å². The van der Waals surface area contributed by atoms with Crippen molar-refractivity contribution in [2.45, 2.75) is 11.8 Å². The lowest BCUT2D eigenvalue weighted by Crippen LogP contribution is -2.48. The summed E-state index contributed by atoms with van der Waals surface area (Å²) >= 11 is 0. The van der Waals surface area contributed by atoms with E-state index in [-0.39, 0.29) is 23.0 Å². The van der Waals surface area contributed by atoms with Gasteiger partial charge in [0.25, 0.3) is 10.0 Å². The fourth-order valence-corrected chi connectivity index (χ4v) is 4.84. The number of amides is 2. The Hall–Kier alpha value is -3.72. The monoisotopic (exact) mass is 453 g/mol. The van der Waals surface area contributed by atoms with Crippen LogP contribution in [-0.4, -0.2) is 33.3 Å². The van der Waals surface area contributed by atoms with Gasteiger partial charge in [0.05, 0.1) is 22.0 Å². The minimum Gasteiger partial charge on any atom is -0.323 e. The first-order chi connectivity index (χ1) is 15.3. The summed E-state index contributed by atoms with van der Waals surface area (Å²) in [5, 5.41) is 2.70. The average molecular weight is 453 g/mol. The van der Waals surface area contributed by atoms with E-state index in [0.29, 0.717) is 11.4 Å². The van der Waals surface area contributed by atoms with Crippen LogP contribution < -0.4 is 14.5 Å². The van der Waals surface area contributed by atoms with Gasteiger partial charge >= 0.3 is 0 Å². The predicted molar refractivity (Wildman–Crippen MR) is 120 cm³/mol. The molecule has 1 heterocycles. The Morgan fingerprint density at radius 2 is 1.69 bits per heavy atom. The normalized spacial score (nSPS) is 13.3. The van der Waals surface area contributed by atoms with Gasteiger partial charge in [0.2, 0.25) is 11.8 Å². The van der Waals surface area contributed by atoms with Crippen LogP contribution in [0.3, 0.4) is 0 Å². The van der Waals surface area contributed by atoms with E-state index in [0.717, 1.165) is 34.1 Å². The van der Waals surface area contributed by atoms with Crippen molar-refractivity contribution < 1.29 is 22.4 Å². The van der Waals surface area contributed by atoms with E-state index >= 15 is 0 Å². The quantitative estimate of drug-likeness (QED) is 0.642. The Morgan fingerprint density at radius 1 is 1.03 bits per heavy atom. The molecule has 1 aliphatic rings. The summed E-state index contributed by atoms with van der Waals surface area (Å²) in [6.45, 7) is 1.09. The highest BCUT2D eigenvalue weighted by Crippen LogP contribution is 2.30. The molecule has 7 nitrogen and oxygen atoms in total. The van der Waals surface area contributed by atoms with Gasteiger partial charge < -0.3 is 5.32 Å². The number of fused-ring (bicyclic) bond motifs is 1. The topological polar surface area (TPSA) is 86.8 Å². The summed E-state index contributed by atoms with van der Waals surface area (Å²) in [5.41, 5.74) is 2.16. The summed E-state index contributed by atoms with van der Waals surface area (Å²) in [4.78, 5) is 26.5. The third kappa shape index (κ3) is 4.19. The highest BCUT2D eigenvalue weighted by Gasteiger charge is 2.32. The molecule has 9 heteroatoms. The standard InChI is InChI=1S/C23H20FN3O4S/c1-16-6-10-18(11-7-16)27(32(30,31)19-12-8-17(24)9-13-19)15-23(29)26-14-22(28)25-20-4-2-3-5-21(20)26/h2-13H,14-15H2,1H3,(H,25,28). The molecule has 0 radical (unpaired) electrons. The van der Waals surface area contributed by atoms with E-state index in [2.05, 4.69) is 5.32 Å². The van der Waals surface area contributed by atoms with Crippen molar-refractivity contribution in [1.82, 2.24) is 0 Å². The minimum absolute atomic E-state index is 0.149. The third-order valence-electron chi connectivity index (χ3n) is 5.07. The van der Waals surface area contributed by atoms with Crippen LogP contribution in [0.5, 0.6) is 0 Å². The average Bonchev–Trinajstić information content (AvgIpc) is 2.77. The predicted octanol–water partition coefficient (Wildman–Crippen LogP) is 3.31. The van der Waals surface area contributed by atoms with Crippen LogP contribution in [-0.2, 0) is 19.6 Å². The number of anilines is 3. The van der Waals surface area contributed by atoms with E-state index in [1.807, 2.05) is 6.92 Å². The van der Waals surface area contributed by atoms with Gasteiger partial charge in [-0.05, 0) is 55.5 Å². The smallest absolute Gasteiger partial charge is 0.264 e. The van der Waals surface area contributed by atoms with Gasteiger partial charge in [-0.1, -0.05) is 29.8 Å². The van der Waals surface area contributed by atoms with Gasteiger partial charge in [0.15, 0.2) is 0 Å². The molecule has 4 rings (SSSR count). The van der Waals surface area contributed by atoms with Crippen molar-refractivity contribution in [2.24, 2.45) is 0 Å². The molecule has 1 aliphatic heterocycles. The largest absolute Gasteiger partial charge is 0.323 e. The first-order valence-electron chi connectivity index (χ1n) is 9.80. The number of hydrogen-bond donors (Lipinski definition) is 1. The van der Waals surface area contributed by atoms with E-state index in [9.17, 15) is 22.4 Å². The Kier molecular flexibility index (Phi) is 5.67. The molecule has 0 atom stereocenters. The van der Waals surface area contributed by atoms with Crippen LogP contribution >= 0.6 is 0 Å². The molecule has 1 N–H and O–H groups in total. The minimum atomic E-state index is -4.19. The molecular formula is C23H20FN3O4S. The summed E-state index contributed by atoms with van der Waals surface area (Å²) in [7, 11) is -4.19. The van der Waals surface area contributed by atoms with Crippen molar-refractivity contribution in [3.63, 3.8) is 0 Å². The summed E-state index contributed by atoms with van der Waals surface area (Å²) in [6, 6.07) is 17.9.